The second-order valence-corrected chi connectivity index (χ2v) is 11.4. The van der Waals surface area contributed by atoms with Gasteiger partial charge in [-0.25, -0.2) is 4.79 Å². The van der Waals surface area contributed by atoms with Gasteiger partial charge in [0.2, 0.25) is 0 Å². The van der Waals surface area contributed by atoms with Crippen molar-refractivity contribution >= 4 is 23.3 Å². The van der Waals surface area contributed by atoms with E-state index in [9.17, 15) is 9.90 Å². The quantitative estimate of drug-likeness (QED) is 0.367. The van der Waals surface area contributed by atoms with E-state index in [2.05, 4.69) is 29.6 Å². The zero-order valence-corrected chi connectivity index (χ0v) is 21.1. The first-order valence-electron chi connectivity index (χ1n) is 13.0. The molecule has 5 heteroatoms. The Morgan fingerprint density at radius 1 is 0.972 bits per heavy atom. The van der Waals surface area contributed by atoms with Crippen LogP contribution in [0.4, 0.5) is 5.69 Å². The van der Waals surface area contributed by atoms with E-state index in [1.54, 1.807) is 0 Å². The van der Waals surface area contributed by atoms with Crippen LogP contribution in [0.15, 0.2) is 78.9 Å². The largest absolute Gasteiger partial charge is 0.493 e. The second kappa shape index (κ2) is 9.15. The number of hydrogen-bond donors (Lipinski definition) is 2. The number of ether oxygens (including phenoxy) is 1. The summed E-state index contributed by atoms with van der Waals surface area (Å²) in [6, 6.07) is 26.3. The predicted octanol–water partition coefficient (Wildman–Crippen LogP) is 6.97. The molecule has 4 nitrogen and oxygen atoms in total. The first-order chi connectivity index (χ1) is 17.5. The molecule has 3 aromatic rings. The number of rotatable bonds is 7. The van der Waals surface area contributed by atoms with Gasteiger partial charge in [0.05, 0.1) is 6.61 Å². The Morgan fingerprint density at radius 2 is 1.72 bits per heavy atom. The molecule has 3 atom stereocenters. The molecule has 6 rings (SSSR count). The predicted molar refractivity (Wildman–Crippen MR) is 143 cm³/mol. The van der Waals surface area contributed by atoms with Gasteiger partial charge in [0.15, 0.2) is 0 Å². The first-order valence-corrected chi connectivity index (χ1v) is 13.4. The van der Waals surface area contributed by atoms with E-state index < -0.39 is 11.5 Å². The fourth-order valence-electron chi connectivity index (χ4n) is 7.05. The lowest BCUT2D eigenvalue weighted by molar-refractivity contribution is -0.144. The Bertz CT molecular complexity index is 1250. The number of halogens is 1. The average Bonchev–Trinajstić information content (AvgIpc) is 3.60. The molecule has 1 spiro atoms. The zero-order chi connectivity index (χ0) is 24.8. The van der Waals surface area contributed by atoms with Crippen molar-refractivity contribution in [3.05, 3.63) is 95.0 Å². The fraction of sp³-hybridized carbons (Fsp3) is 0.387. The summed E-state index contributed by atoms with van der Waals surface area (Å²) in [5.74, 6) is 1.89. The lowest BCUT2D eigenvalue weighted by atomic mass is 9.59. The lowest BCUT2D eigenvalue weighted by Crippen LogP contribution is -2.53. The molecule has 0 bridgehead atoms. The maximum Gasteiger partial charge on any atom is 0.329 e. The molecule has 1 unspecified atom stereocenters. The van der Waals surface area contributed by atoms with E-state index in [0.29, 0.717) is 35.6 Å². The number of para-hydroxylation sites is 1. The van der Waals surface area contributed by atoms with Crippen molar-refractivity contribution in [2.24, 2.45) is 17.8 Å². The Labute approximate surface area is 217 Å². The molecule has 2 fully saturated rings. The number of nitrogens with one attached hydrogen (secondary N) is 1. The van der Waals surface area contributed by atoms with Crippen molar-refractivity contribution in [3.63, 3.8) is 0 Å². The molecule has 3 aliphatic rings. The number of hydrogen-bond acceptors (Lipinski definition) is 3. The van der Waals surface area contributed by atoms with E-state index in [4.69, 9.17) is 16.3 Å². The summed E-state index contributed by atoms with van der Waals surface area (Å²) in [7, 11) is 0. The third kappa shape index (κ3) is 4.16. The van der Waals surface area contributed by atoms with Crippen molar-refractivity contribution in [2.75, 3.05) is 11.9 Å². The molecular weight excluding hydrogens is 470 g/mol. The maximum absolute atomic E-state index is 12.6. The van der Waals surface area contributed by atoms with Gasteiger partial charge in [0.1, 0.15) is 11.3 Å². The molecule has 3 aliphatic carbocycles. The Morgan fingerprint density at radius 3 is 2.47 bits per heavy atom. The van der Waals surface area contributed by atoms with Crippen LogP contribution >= 0.6 is 11.6 Å². The maximum atomic E-state index is 12.6. The molecule has 3 aromatic carbocycles. The van der Waals surface area contributed by atoms with Crippen LogP contribution in [0.25, 0.3) is 0 Å². The third-order valence-corrected chi connectivity index (χ3v) is 9.25. The van der Waals surface area contributed by atoms with Crippen LogP contribution in [0.3, 0.4) is 0 Å². The van der Waals surface area contributed by atoms with E-state index in [0.717, 1.165) is 37.3 Å². The highest BCUT2D eigenvalue weighted by Crippen LogP contribution is 2.62. The van der Waals surface area contributed by atoms with Crippen LogP contribution in [0, 0.1) is 17.8 Å². The van der Waals surface area contributed by atoms with Gasteiger partial charge >= 0.3 is 5.97 Å². The van der Waals surface area contributed by atoms with E-state index in [1.165, 1.54) is 17.5 Å². The Kier molecular flexibility index (Phi) is 5.95. The lowest BCUT2D eigenvalue weighted by Gasteiger charge is -2.47. The van der Waals surface area contributed by atoms with Crippen LogP contribution in [-0.2, 0) is 16.6 Å². The smallest absolute Gasteiger partial charge is 0.329 e. The van der Waals surface area contributed by atoms with Crippen molar-refractivity contribution < 1.29 is 14.6 Å². The molecule has 0 aromatic heterocycles. The molecule has 0 amide bonds. The number of aliphatic carboxylic acids is 1. The number of carboxylic acids is 1. The van der Waals surface area contributed by atoms with Gasteiger partial charge in [0.25, 0.3) is 0 Å². The van der Waals surface area contributed by atoms with Crippen molar-refractivity contribution in [2.45, 2.75) is 49.5 Å². The van der Waals surface area contributed by atoms with Crippen LogP contribution in [0.1, 0.15) is 43.2 Å². The summed E-state index contributed by atoms with van der Waals surface area (Å²) >= 11 is 6.18. The number of fused-ring (bicyclic) bond motifs is 2. The van der Waals surface area contributed by atoms with Crippen LogP contribution in [-0.4, -0.2) is 23.2 Å². The zero-order valence-electron chi connectivity index (χ0n) is 20.3. The number of carboxylic acid groups (broad SMARTS) is 1. The van der Waals surface area contributed by atoms with Crippen LogP contribution in [0.2, 0.25) is 5.02 Å². The molecule has 186 valence electrons. The summed E-state index contributed by atoms with van der Waals surface area (Å²) in [4.78, 5) is 12.6. The van der Waals surface area contributed by atoms with Gasteiger partial charge in [-0.1, -0.05) is 60.1 Å². The third-order valence-electron chi connectivity index (χ3n) is 9.02. The number of carbonyl (C=O) groups is 1. The standard InChI is InChI=1S/C31H32ClNO3/c32-23-8-6-9-24(19-23)33-31(29(34)35)15-13-30(14-16-31)27-12-5-4-7-21(27)18-28(30)26-17-22(26)20-36-25-10-2-1-3-11-25/h1-12,19,22,26,28,33H,13-18,20H2,(H,34,35)/t22-,26+,28?,30?,31?/m1/s1. The van der Waals surface area contributed by atoms with E-state index in [1.807, 2.05) is 54.6 Å². The molecule has 36 heavy (non-hydrogen) atoms. The van der Waals surface area contributed by atoms with Crippen molar-refractivity contribution in [3.8, 4) is 5.75 Å². The number of benzene rings is 3. The van der Waals surface area contributed by atoms with E-state index >= 15 is 0 Å². The van der Waals surface area contributed by atoms with Crippen molar-refractivity contribution in [1.82, 2.24) is 0 Å². The first kappa shape index (κ1) is 23.4. The van der Waals surface area contributed by atoms with Gasteiger partial charge in [-0.05, 0) is 103 Å². The van der Waals surface area contributed by atoms with Crippen LogP contribution < -0.4 is 10.1 Å². The summed E-state index contributed by atoms with van der Waals surface area (Å²) in [5.41, 5.74) is 2.73. The summed E-state index contributed by atoms with van der Waals surface area (Å²) < 4.78 is 6.11. The van der Waals surface area contributed by atoms with Gasteiger partial charge < -0.3 is 15.2 Å². The Balaban J connectivity index is 1.22. The molecule has 0 aliphatic heterocycles. The molecule has 0 radical (unpaired) electrons. The van der Waals surface area contributed by atoms with Gasteiger partial charge in [-0.15, -0.1) is 0 Å². The van der Waals surface area contributed by atoms with E-state index in [-0.39, 0.29) is 5.41 Å². The normalized spacial score (nSPS) is 30.5. The fourth-order valence-corrected chi connectivity index (χ4v) is 7.24. The highest BCUT2D eigenvalue weighted by molar-refractivity contribution is 6.30. The topological polar surface area (TPSA) is 58.6 Å². The summed E-state index contributed by atoms with van der Waals surface area (Å²) in [5, 5.41) is 14.3. The highest BCUT2D eigenvalue weighted by Gasteiger charge is 2.59. The van der Waals surface area contributed by atoms with Gasteiger partial charge in [-0.2, -0.15) is 0 Å². The SMILES string of the molecule is O=C(O)C1(Nc2cccc(Cl)c2)CCC2(CC1)c1ccccc1CC2[C@H]1C[C@@H]1COc1ccccc1. The second-order valence-electron chi connectivity index (χ2n) is 10.9. The molecule has 2 N–H and O–H groups in total. The Hall–Kier alpha value is -2.98. The minimum absolute atomic E-state index is 0.0394. The van der Waals surface area contributed by atoms with Crippen LogP contribution in [0.5, 0.6) is 5.75 Å². The van der Waals surface area contributed by atoms with Gasteiger partial charge in [-0.3, -0.25) is 0 Å². The minimum atomic E-state index is -0.975. The minimum Gasteiger partial charge on any atom is -0.493 e. The molecule has 0 saturated heterocycles. The molecule has 0 heterocycles. The summed E-state index contributed by atoms with van der Waals surface area (Å²) in [6.07, 6.45) is 5.21. The molecular formula is C31H32ClNO3. The highest BCUT2D eigenvalue weighted by atomic mass is 35.5. The monoisotopic (exact) mass is 501 g/mol. The van der Waals surface area contributed by atoms with Gasteiger partial charge in [0, 0.05) is 10.7 Å². The molecule has 2 saturated carbocycles. The number of anilines is 1. The average molecular weight is 502 g/mol. The van der Waals surface area contributed by atoms with Crippen molar-refractivity contribution in [1.29, 1.82) is 0 Å². The summed E-state index contributed by atoms with van der Waals surface area (Å²) in [6.45, 7) is 0.757.